The SMILES string of the molecule is CCOc1ccccc1-n1c(C(C)N2CCN(C(=O)COc3ccc(CN)cc3)CC2)nc2ccccc2c1=O.CCOc1ccccc1-n1c(C(CCCN2C(=O)c3ccccc3C2=O)N2CCN(C(=O)COc3ccc(Cl)cc3)CC2)nc2ccccc2c1=O.CCOc1ccccc1-n1c(CN2CCN(C(=O)COc3ccc(Cl)cc3)CC2)nc2ccccc2c1=O. The van der Waals surface area contributed by atoms with Crippen molar-refractivity contribution >= 4 is 85.4 Å². The molecule has 130 heavy (non-hydrogen) atoms. The molecule has 10 aromatic carbocycles. The van der Waals surface area contributed by atoms with Gasteiger partial charge in [0.15, 0.2) is 19.8 Å². The highest BCUT2D eigenvalue weighted by atomic mass is 35.5. The molecule has 0 aliphatic carbocycles. The fraction of sp³-hybridized carbons (Fsp3) is 0.290. The first-order valence-corrected chi connectivity index (χ1v) is 44.5. The number of ether oxygens (including phenoxy) is 6. The molecule has 2 unspecified atom stereocenters. The van der Waals surface area contributed by atoms with Crippen LogP contribution in [-0.4, -0.2) is 217 Å². The molecule has 0 spiro atoms. The maximum Gasteiger partial charge on any atom is 0.266 e. The van der Waals surface area contributed by atoms with Crippen LogP contribution in [0.25, 0.3) is 49.8 Å². The number of carbonyl (C=O) groups excluding carboxylic acids is 5. The van der Waals surface area contributed by atoms with E-state index in [-0.39, 0.29) is 78.6 Å². The molecule has 0 saturated carbocycles. The number of halogens is 2. The van der Waals surface area contributed by atoms with Crippen LogP contribution in [0, 0.1) is 0 Å². The summed E-state index contributed by atoms with van der Waals surface area (Å²) in [5.41, 5.74) is 10.7. The molecular formula is C100H102Cl2N14O14. The number of aromatic nitrogens is 6. The zero-order valence-corrected chi connectivity index (χ0v) is 74.4. The number of nitrogens with zero attached hydrogens (tertiary/aromatic N) is 13. The molecule has 17 rings (SSSR count). The molecule has 5 amide bonds. The molecule has 4 aliphatic heterocycles. The zero-order valence-electron chi connectivity index (χ0n) is 72.9. The Labute approximate surface area is 762 Å². The molecule has 3 fully saturated rings. The molecular weight excluding hydrogens is 1690 g/mol. The normalized spacial score (nSPS) is 14.7. The van der Waals surface area contributed by atoms with Crippen LogP contribution in [0.4, 0.5) is 0 Å². The molecule has 13 aromatic rings. The Kier molecular flexibility index (Phi) is 30.1. The van der Waals surface area contributed by atoms with E-state index in [1.807, 2.05) is 177 Å². The van der Waals surface area contributed by atoms with E-state index < -0.39 is 6.04 Å². The van der Waals surface area contributed by atoms with Gasteiger partial charge in [-0.25, -0.2) is 15.0 Å². The average molecular weight is 1790 g/mol. The lowest BCUT2D eigenvalue weighted by atomic mass is 10.1. The van der Waals surface area contributed by atoms with Crippen LogP contribution in [0.5, 0.6) is 34.5 Å². The standard InChI is InChI=1S/C40H38ClN5O6.C31H35N5O4.C29H29ClN4O4/c1-2-51-35-16-8-7-14-33(35)46-37(42-32-13-6-5-12-31(32)40(46)50)34(15-9-21-45-38(48)29-10-3-4-11-30(29)39(45)49)43-22-24-44(25-23-43)36(47)26-52-28-19-17-27(41)18-20-28;1-3-39-28-11-7-6-10-27(28)36-30(33-26-9-5-4-8-25(26)31(36)38)22(2)34-16-18-35(19-17-34)29(37)21-40-24-14-12-23(20-32)13-15-24;1-2-37-26-10-6-5-9-25(26)34-27(31-24-8-4-3-7-23(24)29(34)36)19-32-15-17-33(18-16-32)28(35)20-38-22-13-11-21(30)12-14-22/h3-8,10-14,16-20,34H,2,9,15,21-26H2,1H3;4-15,22H,3,16-21,32H2,1-2H3;3-14H,2,15-20H2,1H3. The Morgan fingerprint density at radius 1 is 0.392 bits per heavy atom. The largest absolute Gasteiger partial charge is 0.492 e. The van der Waals surface area contributed by atoms with E-state index in [1.54, 1.807) is 114 Å². The van der Waals surface area contributed by atoms with Crippen molar-refractivity contribution in [3.8, 4) is 51.6 Å². The van der Waals surface area contributed by atoms with Crippen LogP contribution in [0.2, 0.25) is 10.0 Å². The van der Waals surface area contributed by atoms with E-state index >= 15 is 0 Å². The maximum absolute atomic E-state index is 14.4. The number of imide groups is 1. The molecule has 3 aromatic heterocycles. The first-order chi connectivity index (χ1) is 63.4. The van der Waals surface area contributed by atoms with Crippen LogP contribution in [0.15, 0.2) is 257 Å². The van der Waals surface area contributed by atoms with Gasteiger partial charge in [0.05, 0.1) is 99.3 Å². The lowest BCUT2D eigenvalue weighted by Gasteiger charge is -2.39. The molecule has 0 radical (unpaired) electrons. The third-order valence-corrected chi connectivity index (χ3v) is 23.9. The summed E-state index contributed by atoms with van der Waals surface area (Å²) in [4.78, 5) is 136. The molecule has 0 bridgehead atoms. The van der Waals surface area contributed by atoms with Crippen molar-refractivity contribution in [2.24, 2.45) is 5.73 Å². The summed E-state index contributed by atoms with van der Waals surface area (Å²) >= 11 is 11.9. The summed E-state index contributed by atoms with van der Waals surface area (Å²) in [7, 11) is 0. The Morgan fingerprint density at radius 3 is 1.18 bits per heavy atom. The van der Waals surface area contributed by atoms with Crippen molar-refractivity contribution < 1.29 is 52.4 Å². The minimum absolute atomic E-state index is 0.0164. The predicted octanol–water partition coefficient (Wildman–Crippen LogP) is 13.5. The lowest BCUT2D eigenvalue weighted by molar-refractivity contribution is -0.136. The van der Waals surface area contributed by atoms with Gasteiger partial charge in [-0.3, -0.25) is 71.7 Å². The van der Waals surface area contributed by atoms with Gasteiger partial charge < -0.3 is 48.9 Å². The van der Waals surface area contributed by atoms with Crippen LogP contribution in [0.3, 0.4) is 0 Å². The second kappa shape index (κ2) is 43.0. The Morgan fingerprint density at radius 2 is 0.746 bits per heavy atom. The molecule has 2 N–H and O–H groups in total. The van der Waals surface area contributed by atoms with E-state index in [4.69, 9.17) is 72.3 Å². The van der Waals surface area contributed by atoms with Crippen LogP contribution < -0.4 is 50.8 Å². The van der Waals surface area contributed by atoms with Crippen molar-refractivity contribution in [3.05, 3.63) is 318 Å². The van der Waals surface area contributed by atoms with E-state index in [9.17, 15) is 38.4 Å². The van der Waals surface area contributed by atoms with Gasteiger partial charge >= 0.3 is 0 Å². The van der Waals surface area contributed by atoms with Gasteiger partial charge in [-0.15, -0.1) is 0 Å². The summed E-state index contributed by atoms with van der Waals surface area (Å²) in [5.74, 6) is 4.53. The molecule has 7 heterocycles. The van der Waals surface area contributed by atoms with Crippen molar-refractivity contribution in [2.75, 3.05) is 125 Å². The Hall–Kier alpha value is -13.6. The monoisotopic (exact) mass is 1790 g/mol. The summed E-state index contributed by atoms with van der Waals surface area (Å²) in [6, 6.07) is 72.0. The van der Waals surface area contributed by atoms with Crippen LogP contribution in [-0.2, 0) is 27.5 Å². The highest BCUT2D eigenvalue weighted by molar-refractivity contribution is 6.31. The summed E-state index contributed by atoms with van der Waals surface area (Å²) < 4.78 is 39.8. The fourth-order valence-electron chi connectivity index (χ4n) is 16.6. The maximum atomic E-state index is 14.4. The lowest BCUT2D eigenvalue weighted by Crippen LogP contribution is -2.51. The molecule has 30 heteroatoms. The number of benzene rings is 10. The van der Waals surface area contributed by atoms with Crippen LogP contribution in [0.1, 0.15) is 96.4 Å². The Bertz CT molecular complexity index is 6360. The third-order valence-electron chi connectivity index (χ3n) is 23.4. The van der Waals surface area contributed by atoms with Gasteiger partial charge in [0.25, 0.3) is 46.2 Å². The number of nitrogens with two attached hydrogens (primary N) is 1. The second-order valence-electron chi connectivity index (χ2n) is 31.4. The number of rotatable bonds is 29. The quantitative estimate of drug-likeness (QED) is 0.0426. The number of carbonyl (C=O) groups is 5. The summed E-state index contributed by atoms with van der Waals surface area (Å²) in [5, 5.41) is 2.78. The van der Waals surface area contributed by atoms with E-state index in [0.29, 0.717) is 247 Å². The summed E-state index contributed by atoms with van der Waals surface area (Å²) in [6.07, 6.45) is 0.933. The zero-order chi connectivity index (χ0) is 90.7. The van der Waals surface area contributed by atoms with Gasteiger partial charge in [-0.05, 0) is 192 Å². The molecule has 28 nitrogen and oxygen atoms in total. The average Bonchev–Trinajstić information content (AvgIpc) is 0.772. The van der Waals surface area contributed by atoms with Crippen LogP contribution >= 0.6 is 23.2 Å². The third kappa shape index (κ3) is 21.2. The fourth-order valence-corrected chi connectivity index (χ4v) is 16.8. The first-order valence-electron chi connectivity index (χ1n) is 43.7. The van der Waals surface area contributed by atoms with Crippen molar-refractivity contribution in [3.63, 3.8) is 0 Å². The van der Waals surface area contributed by atoms with Gasteiger partial charge in [0.2, 0.25) is 0 Å². The predicted molar refractivity (Wildman–Crippen MR) is 500 cm³/mol. The number of hydrogen-bond acceptors (Lipinski definition) is 21. The van der Waals surface area contributed by atoms with Gasteiger partial charge in [0, 0.05) is 102 Å². The number of fused-ring (bicyclic) bond motifs is 4. The highest BCUT2D eigenvalue weighted by Gasteiger charge is 2.38. The van der Waals surface area contributed by atoms with E-state index in [0.717, 1.165) is 5.56 Å². The van der Waals surface area contributed by atoms with Gasteiger partial charge in [-0.1, -0.05) is 120 Å². The summed E-state index contributed by atoms with van der Waals surface area (Å²) in [6.45, 7) is 16.9. The van der Waals surface area contributed by atoms with Crippen molar-refractivity contribution in [1.29, 1.82) is 0 Å². The minimum Gasteiger partial charge on any atom is -0.492 e. The number of hydrogen-bond donors (Lipinski definition) is 1. The minimum atomic E-state index is -0.412. The van der Waals surface area contributed by atoms with E-state index in [2.05, 4.69) is 21.6 Å². The molecule has 2 atom stereocenters. The molecule has 4 aliphatic rings. The second-order valence-corrected chi connectivity index (χ2v) is 32.3. The number of para-hydroxylation sites is 9. The molecule has 3 saturated heterocycles. The number of amides is 5. The first kappa shape index (κ1) is 91.2. The smallest absolute Gasteiger partial charge is 0.266 e. The topological polar surface area (TPSA) is 294 Å². The van der Waals surface area contributed by atoms with Gasteiger partial charge in [-0.2, -0.15) is 0 Å². The van der Waals surface area contributed by atoms with E-state index in [1.165, 1.54) is 4.90 Å². The highest BCUT2D eigenvalue weighted by Crippen LogP contribution is 2.35. The van der Waals surface area contributed by atoms with Crippen molar-refractivity contribution in [1.82, 2.24) is 63.0 Å². The number of piperazine rings is 3. The molecule has 670 valence electrons. The van der Waals surface area contributed by atoms with Crippen molar-refractivity contribution in [2.45, 2.75) is 65.7 Å². The van der Waals surface area contributed by atoms with Gasteiger partial charge in [0.1, 0.15) is 52.0 Å². The Balaban J connectivity index is 0.000000152.